The van der Waals surface area contributed by atoms with E-state index in [2.05, 4.69) is 18.7 Å². The summed E-state index contributed by atoms with van der Waals surface area (Å²) in [6.45, 7) is 8.37. The largest absolute Gasteiger partial charge is 0.390 e. The molecule has 1 heterocycles. The molecule has 1 N–H and O–H groups in total. The van der Waals surface area contributed by atoms with Gasteiger partial charge in [0.2, 0.25) is 0 Å². The summed E-state index contributed by atoms with van der Waals surface area (Å²) >= 11 is 0. The Balaban J connectivity index is 1.80. The maximum Gasteiger partial charge on any atom is 0.0963 e. The molecule has 2 atom stereocenters. The fourth-order valence-corrected chi connectivity index (χ4v) is 3.70. The van der Waals surface area contributed by atoms with E-state index in [4.69, 9.17) is 4.74 Å². The van der Waals surface area contributed by atoms with Crippen molar-refractivity contribution < 1.29 is 9.84 Å². The van der Waals surface area contributed by atoms with Gasteiger partial charge in [-0.25, -0.2) is 0 Å². The van der Waals surface area contributed by atoms with Crippen molar-refractivity contribution in [2.24, 2.45) is 11.8 Å². The molecule has 0 spiro atoms. The van der Waals surface area contributed by atoms with Crippen LogP contribution in [0.2, 0.25) is 0 Å². The Morgan fingerprint density at radius 2 is 1.95 bits per heavy atom. The Morgan fingerprint density at radius 3 is 2.58 bits per heavy atom. The summed E-state index contributed by atoms with van der Waals surface area (Å²) in [6, 6.07) is 0. The third-order valence-corrected chi connectivity index (χ3v) is 5.05. The van der Waals surface area contributed by atoms with E-state index in [1.807, 2.05) is 0 Å². The zero-order valence-corrected chi connectivity index (χ0v) is 12.7. The summed E-state index contributed by atoms with van der Waals surface area (Å²) < 4.78 is 5.83. The molecule has 0 aromatic rings. The van der Waals surface area contributed by atoms with Gasteiger partial charge >= 0.3 is 0 Å². The first-order chi connectivity index (χ1) is 9.24. The molecule has 2 fully saturated rings. The van der Waals surface area contributed by atoms with Crippen LogP contribution in [0.25, 0.3) is 0 Å². The van der Waals surface area contributed by atoms with Gasteiger partial charge in [-0.3, -0.25) is 4.90 Å². The SMILES string of the molecule is CCCN1CCOC(C(O)C2CCC(CC)CC2)C1. The van der Waals surface area contributed by atoms with Crippen LogP contribution in [0, 0.1) is 11.8 Å². The number of hydrogen-bond acceptors (Lipinski definition) is 3. The van der Waals surface area contributed by atoms with Crippen LogP contribution in [-0.4, -0.2) is 48.5 Å². The molecular formula is C16H31NO2. The van der Waals surface area contributed by atoms with Crippen LogP contribution in [-0.2, 0) is 4.74 Å². The Bertz CT molecular complexity index is 249. The van der Waals surface area contributed by atoms with E-state index in [9.17, 15) is 5.11 Å². The quantitative estimate of drug-likeness (QED) is 0.833. The Labute approximate surface area is 118 Å². The van der Waals surface area contributed by atoms with E-state index in [0.717, 1.165) is 32.2 Å². The lowest BCUT2D eigenvalue weighted by atomic mass is 9.77. The lowest BCUT2D eigenvalue weighted by Crippen LogP contribution is -2.50. The van der Waals surface area contributed by atoms with E-state index in [1.165, 1.54) is 38.5 Å². The van der Waals surface area contributed by atoms with Crippen LogP contribution in [0.15, 0.2) is 0 Å². The summed E-state index contributed by atoms with van der Waals surface area (Å²) in [5.41, 5.74) is 0. The third kappa shape index (κ3) is 4.17. The molecule has 0 amide bonds. The van der Waals surface area contributed by atoms with E-state index in [-0.39, 0.29) is 12.2 Å². The Morgan fingerprint density at radius 1 is 1.21 bits per heavy atom. The zero-order valence-electron chi connectivity index (χ0n) is 12.7. The molecule has 2 rings (SSSR count). The van der Waals surface area contributed by atoms with Crippen molar-refractivity contribution in [1.29, 1.82) is 0 Å². The highest BCUT2D eigenvalue weighted by Gasteiger charge is 2.34. The van der Waals surface area contributed by atoms with Gasteiger partial charge in [0, 0.05) is 13.1 Å². The number of ether oxygens (including phenoxy) is 1. The summed E-state index contributed by atoms with van der Waals surface area (Å²) in [6.07, 6.45) is 7.24. The Kier molecular flexibility index (Phi) is 6.11. The molecule has 1 aliphatic carbocycles. The maximum atomic E-state index is 10.6. The summed E-state index contributed by atoms with van der Waals surface area (Å²) in [7, 11) is 0. The number of hydrogen-bond donors (Lipinski definition) is 1. The predicted octanol–water partition coefficient (Wildman–Crippen LogP) is 2.67. The smallest absolute Gasteiger partial charge is 0.0963 e. The van der Waals surface area contributed by atoms with E-state index >= 15 is 0 Å². The van der Waals surface area contributed by atoms with Gasteiger partial charge in [0.05, 0.1) is 18.8 Å². The number of rotatable bonds is 5. The highest BCUT2D eigenvalue weighted by atomic mass is 16.5. The minimum absolute atomic E-state index is 0.0449. The molecule has 112 valence electrons. The van der Waals surface area contributed by atoms with Crippen LogP contribution in [0.1, 0.15) is 52.4 Å². The van der Waals surface area contributed by atoms with Crippen molar-refractivity contribution in [3.05, 3.63) is 0 Å². The summed E-state index contributed by atoms with van der Waals surface area (Å²) in [5, 5.41) is 10.6. The van der Waals surface area contributed by atoms with Crippen LogP contribution in [0.4, 0.5) is 0 Å². The lowest BCUT2D eigenvalue weighted by molar-refractivity contribution is -0.111. The first kappa shape index (κ1) is 15.3. The summed E-state index contributed by atoms with van der Waals surface area (Å²) in [4.78, 5) is 2.44. The average molecular weight is 269 g/mol. The molecule has 1 aliphatic heterocycles. The van der Waals surface area contributed by atoms with Crippen LogP contribution in [0.3, 0.4) is 0 Å². The molecule has 0 radical (unpaired) electrons. The molecule has 2 unspecified atom stereocenters. The van der Waals surface area contributed by atoms with E-state index in [0.29, 0.717) is 5.92 Å². The van der Waals surface area contributed by atoms with E-state index in [1.54, 1.807) is 0 Å². The first-order valence-corrected chi connectivity index (χ1v) is 8.26. The highest BCUT2D eigenvalue weighted by molar-refractivity contribution is 4.85. The van der Waals surface area contributed by atoms with Gasteiger partial charge in [0.15, 0.2) is 0 Å². The standard InChI is InChI=1S/C16H31NO2/c1-3-9-17-10-11-19-15(12-17)16(18)14-7-5-13(4-2)6-8-14/h13-16,18H,3-12H2,1-2H3. The first-order valence-electron chi connectivity index (χ1n) is 8.26. The highest BCUT2D eigenvalue weighted by Crippen LogP contribution is 2.34. The molecule has 2 aliphatic rings. The van der Waals surface area contributed by atoms with Crippen molar-refractivity contribution >= 4 is 0 Å². The van der Waals surface area contributed by atoms with Crippen molar-refractivity contribution in [3.63, 3.8) is 0 Å². The van der Waals surface area contributed by atoms with Crippen LogP contribution >= 0.6 is 0 Å². The van der Waals surface area contributed by atoms with Crippen molar-refractivity contribution in [3.8, 4) is 0 Å². The maximum absolute atomic E-state index is 10.6. The average Bonchev–Trinajstić information content (AvgIpc) is 2.47. The van der Waals surface area contributed by atoms with Gasteiger partial charge in [0.25, 0.3) is 0 Å². The predicted molar refractivity (Wildman–Crippen MR) is 78.2 cm³/mol. The molecule has 3 heteroatoms. The molecule has 0 aromatic carbocycles. The van der Waals surface area contributed by atoms with Crippen LogP contribution in [0.5, 0.6) is 0 Å². The topological polar surface area (TPSA) is 32.7 Å². The molecular weight excluding hydrogens is 238 g/mol. The normalized spacial score (nSPS) is 35.2. The van der Waals surface area contributed by atoms with E-state index < -0.39 is 0 Å². The van der Waals surface area contributed by atoms with Crippen molar-refractivity contribution in [2.45, 2.75) is 64.6 Å². The molecule has 0 aromatic heterocycles. The minimum Gasteiger partial charge on any atom is -0.390 e. The molecule has 1 saturated carbocycles. The Hall–Kier alpha value is -0.120. The molecule has 3 nitrogen and oxygen atoms in total. The van der Waals surface area contributed by atoms with Gasteiger partial charge in [-0.05, 0) is 37.6 Å². The third-order valence-electron chi connectivity index (χ3n) is 5.05. The monoisotopic (exact) mass is 269 g/mol. The van der Waals surface area contributed by atoms with Crippen LogP contribution < -0.4 is 0 Å². The number of aliphatic hydroxyl groups is 1. The van der Waals surface area contributed by atoms with Gasteiger partial charge < -0.3 is 9.84 Å². The van der Waals surface area contributed by atoms with Gasteiger partial charge in [-0.2, -0.15) is 0 Å². The minimum atomic E-state index is -0.252. The van der Waals surface area contributed by atoms with Crippen molar-refractivity contribution in [2.75, 3.05) is 26.2 Å². The molecule has 0 bridgehead atoms. The number of aliphatic hydroxyl groups excluding tert-OH is 1. The lowest BCUT2D eigenvalue weighted by Gasteiger charge is -2.39. The number of nitrogens with zero attached hydrogens (tertiary/aromatic N) is 1. The molecule has 1 saturated heterocycles. The second-order valence-corrected chi connectivity index (χ2v) is 6.39. The van der Waals surface area contributed by atoms with Gasteiger partial charge in [0.1, 0.15) is 0 Å². The number of morpholine rings is 1. The van der Waals surface area contributed by atoms with Gasteiger partial charge in [-0.1, -0.05) is 33.1 Å². The molecule has 19 heavy (non-hydrogen) atoms. The second kappa shape index (κ2) is 7.61. The second-order valence-electron chi connectivity index (χ2n) is 6.39. The zero-order chi connectivity index (χ0) is 13.7. The fraction of sp³-hybridized carbons (Fsp3) is 1.00. The van der Waals surface area contributed by atoms with Crippen molar-refractivity contribution in [1.82, 2.24) is 4.90 Å². The van der Waals surface area contributed by atoms with Gasteiger partial charge in [-0.15, -0.1) is 0 Å². The summed E-state index contributed by atoms with van der Waals surface area (Å²) in [5.74, 6) is 1.36. The fourth-order valence-electron chi connectivity index (χ4n) is 3.70.